The van der Waals surface area contributed by atoms with Crippen molar-refractivity contribution in [2.24, 2.45) is 5.92 Å². The zero-order valence-electron chi connectivity index (χ0n) is 20.3. The van der Waals surface area contributed by atoms with Gasteiger partial charge in [-0.05, 0) is 45.4 Å². The quantitative estimate of drug-likeness (QED) is 0.243. The first kappa shape index (κ1) is 29.0. The molecule has 1 rings (SSSR count). The van der Waals surface area contributed by atoms with Crippen LogP contribution in [-0.2, 0) is 19.0 Å². The van der Waals surface area contributed by atoms with E-state index in [9.17, 15) is 19.5 Å². The van der Waals surface area contributed by atoms with Gasteiger partial charge in [-0.3, -0.25) is 4.79 Å². The molecule has 192 valence electrons. The van der Waals surface area contributed by atoms with Crippen molar-refractivity contribution in [1.29, 1.82) is 0 Å². The number of carboxylic acids is 1. The molecule has 2 unspecified atom stereocenters. The van der Waals surface area contributed by atoms with E-state index in [0.717, 1.165) is 44.9 Å². The molecule has 1 fully saturated rings. The summed E-state index contributed by atoms with van der Waals surface area (Å²) in [6, 6.07) is -0.405. The Morgan fingerprint density at radius 1 is 0.939 bits per heavy atom. The van der Waals surface area contributed by atoms with Crippen LogP contribution in [0.4, 0.5) is 9.59 Å². The summed E-state index contributed by atoms with van der Waals surface area (Å²) in [5, 5.41) is 18.7. The van der Waals surface area contributed by atoms with Crippen LogP contribution in [0.25, 0.3) is 0 Å². The highest BCUT2D eigenvalue weighted by Crippen LogP contribution is 2.30. The maximum absolute atomic E-state index is 12.7. The minimum Gasteiger partial charge on any atom is -0.481 e. The van der Waals surface area contributed by atoms with Gasteiger partial charge in [0.1, 0.15) is 6.10 Å². The summed E-state index contributed by atoms with van der Waals surface area (Å²) in [5.74, 6) is -0.566. The lowest BCUT2D eigenvalue weighted by Gasteiger charge is -2.34. The molecule has 1 aliphatic rings. The smallest absolute Gasteiger partial charge is 0.481 e. The van der Waals surface area contributed by atoms with Crippen molar-refractivity contribution >= 4 is 18.2 Å². The van der Waals surface area contributed by atoms with E-state index in [1.807, 2.05) is 0 Å². The van der Waals surface area contributed by atoms with E-state index < -0.39 is 24.3 Å². The average molecular weight is 474 g/mol. The molecule has 9 nitrogen and oxygen atoms in total. The van der Waals surface area contributed by atoms with Gasteiger partial charge >= 0.3 is 18.2 Å². The molecule has 2 atom stereocenters. The number of carbonyl (C=O) groups is 3. The number of amides is 1. The second-order valence-corrected chi connectivity index (χ2v) is 8.60. The third-order valence-corrected chi connectivity index (χ3v) is 6.17. The minimum absolute atomic E-state index is 0.154. The van der Waals surface area contributed by atoms with Gasteiger partial charge in [0, 0.05) is 19.4 Å². The number of carboxylic acid groups (broad SMARTS) is 1. The van der Waals surface area contributed by atoms with Gasteiger partial charge in [0.2, 0.25) is 0 Å². The Labute approximate surface area is 197 Å². The van der Waals surface area contributed by atoms with Gasteiger partial charge < -0.3 is 29.3 Å². The van der Waals surface area contributed by atoms with Gasteiger partial charge in [-0.15, -0.1) is 0 Å². The number of aliphatic carboxylic acids is 1. The lowest BCUT2D eigenvalue weighted by Crippen LogP contribution is -2.45. The highest BCUT2D eigenvalue weighted by Gasteiger charge is 2.31. The molecule has 2 N–H and O–H groups in total. The molecular formula is C24H43NO8. The number of hydrogen-bond donors (Lipinski definition) is 2. The van der Waals surface area contributed by atoms with Crippen LogP contribution < -0.4 is 0 Å². The SMILES string of the molecule is CCOC(=O)OC(CCN(C(=O)OCC)C(CO)CCCCCCC(=O)O)C1CCCCC1. The highest BCUT2D eigenvalue weighted by atomic mass is 16.7. The van der Waals surface area contributed by atoms with E-state index in [1.54, 1.807) is 18.7 Å². The van der Waals surface area contributed by atoms with Crippen molar-refractivity contribution < 1.29 is 38.8 Å². The van der Waals surface area contributed by atoms with Crippen molar-refractivity contribution in [3.05, 3.63) is 0 Å². The van der Waals surface area contributed by atoms with Crippen LogP contribution in [0.5, 0.6) is 0 Å². The van der Waals surface area contributed by atoms with Gasteiger partial charge in [-0.25, -0.2) is 9.59 Å². The van der Waals surface area contributed by atoms with Crippen LogP contribution in [0.1, 0.15) is 90.9 Å². The summed E-state index contributed by atoms with van der Waals surface area (Å²) >= 11 is 0. The van der Waals surface area contributed by atoms with Crippen LogP contribution in [0.15, 0.2) is 0 Å². The van der Waals surface area contributed by atoms with Crippen LogP contribution in [0.2, 0.25) is 0 Å². The van der Waals surface area contributed by atoms with Gasteiger partial charge in [0.15, 0.2) is 0 Å². The molecule has 1 saturated carbocycles. The monoisotopic (exact) mass is 473 g/mol. The normalized spacial score (nSPS) is 16.0. The number of rotatable bonds is 16. The Morgan fingerprint density at radius 3 is 2.21 bits per heavy atom. The van der Waals surface area contributed by atoms with Gasteiger partial charge in [0.25, 0.3) is 0 Å². The molecular weight excluding hydrogens is 430 g/mol. The summed E-state index contributed by atoms with van der Waals surface area (Å²) in [5.41, 5.74) is 0. The number of ether oxygens (including phenoxy) is 3. The first-order valence-corrected chi connectivity index (χ1v) is 12.5. The maximum Gasteiger partial charge on any atom is 0.508 e. The predicted octanol–water partition coefficient (Wildman–Crippen LogP) is 4.74. The molecule has 0 radical (unpaired) electrons. The van der Waals surface area contributed by atoms with Crippen molar-refractivity contribution in [3.63, 3.8) is 0 Å². The lowest BCUT2D eigenvalue weighted by atomic mass is 9.84. The van der Waals surface area contributed by atoms with Crippen molar-refractivity contribution in [3.8, 4) is 0 Å². The Bertz CT molecular complexity index is 565. The molecule has 0 aromatic carbocycles. The Hall–Kier alpha value is -2.03. The fourth-order valence-electron chi connectivity index (χ4n) is 4.42. The van der Waals surface area contributed by atoms with Crippen LogP contribution in [0.3, 0.4) is 0 Å². The highest BCUT2D eigenvalue weighted by molar-refractivity contribution is 5.68. The number of hydrogen-bond acceptors (Lipinski definition) is 7. The molecule has 0 spiro atoms. The fourth-order valence-corrected chi connectivity index (χ4v) is 4.42. The molecule has 0 bridgehead atoms. The van der Waals surface area contributed by atoms with Crippen LogP contribution in [-0.4, -0.2) is 71.8 Å². The maximum atomic E-state index is 12.7. The average Bonchev–Trinajstić information content (AvgIpc) is 2.79. The lowest BCUT2D eigenvalue weighted by molar-refractivity contribution is -0.137. The van der Waals surface area contributed by atoms with Crippen molar-refractivity contribution in [1.82, 2.24) is 4.90 Å². The second kappa shape index (κ2) is 17.4. The van der Waals surface area contributed by atoms with Crippen LogP contribution in [0, 0.1) is 5.92 Å². The first-order valence-electron chi connectivity index (χ1n) is 12.5. The summed E-state index contributed by atoms with van der Waals surface area (Å²) in [6.07, 6.45) is 8.01. The van der Waals surface area contributed by atoms with Crippen molar-refractivity contribution in [2.75, 3.05) is 26.4 Å². The van der Waals surface area contributed by atoms with Gasteiger partial charge in [-0.1, -0.05) is 38.5 Å². The molecule has 1 aliphatic carbocycles. The van der Waals surface area contributed by atoms with E-state index in [0.29, 0.717) is 25.8 Å². The topological polar surface area (TPSA) is 123 Å². The standard InChI is InChI=1S/C24H43NO8/c1-3-31-23(29)25(20(18-26)14-10-5-6-11-15-22(27)28)17-16-21(33-24(30)32-4-2)19-12-8-7-9-13-19/h19-21,26H,3-18H2,1-2H3,(H,27,28). The summed E-state index contributed by atoms with van der Waals surface area (Å²) in [7, 11) is 0. The molecule has 0 heterocycles. The first-order chi connectivity index (χ1) is 15.9. The Kier molecular flexibility index (Phi) is 15.3. The van der Waals surface area contributed by atoms with Crippen LogP contribution >= 0.6 is 0 Å². The summed E-state index contributed by atoms with van der Waals surface area (Å²) < 4.78 is 15.8. The molecule has 0 saturated heterocycles. The predicted molar refractivity (Wildman–Crippen MR) is 123 cm³/mol. The minimum atomic E-state index is -0.797. The molecule has 0 aromatic heterocycles. The van der Waals surface area contributed by atoms with E-state index in [2.05, 4.69) is 0 Å². The van der Waals surface area contributed by atoms with Crippen molar-refractivity contribution in [2.45, 2.75) is 103 Å². The molecule has 1 amide bonds. The number of aliphatic hydroxyl groups excluding tert-OH is 1. The van der Waals surface area contributed by atoms with E-state index in [1.165, 1.54) is 6.42 Å². The fraction of sp³-hybridized carbons (Fsp3) is 0.875. The number of nitrogens with zero attached hydrogens (tertiary/aromatic N) is 1. The van der Waals surface area contributed by atoms with E-state index >= 15 is 0 Å². The molecule has 0 aliphatic heterocycles. The number of unbranched alkanes of at least 4 members (excludes halogenated alkanes) is 3. The third kappa shape index (κ3) is 12.1. The molecule has 9 heteroatoms. The summed E-state index contributed by atoms with van der Waals surface area (Å²) in [6.45, 7) is 4.05. The molecule has 33 heavy (non-hydrogen) atoms. The van der Waals surface area contributed by atoms with E-state index in [4.69, 9.17) is 19.3 Å². The second-order valence-electron chi connectivity index (χ2n) is 8.60. The zero-order valence-corrected chi connectivity index (χ0v) is 20.3. The third-order valence-electron chi connectivity index (χ3n) is 6.17. The Morgan fingerprint density at radius 2 is 1.61 bits per heavy atom. The zero-order chi connectivity index (χ0) is 24.5. The number of carbonyl (C=O) groups excluding carboxylic acids is 2. The Balaban J connectivity index is 2.73. The van der Waals surface area contributed by atoms with Gasteiger partial charge in [-0.2, -0.15) is 0 Å². The largest absolute Gasteiger partial charge is 0.508 e. The number of aliphatic hydroxyl groups is 1. The van der Waals surface area contributed by atoms with Gasteiger partial charge in [0.05, 0.1) is 25.9 Å². The van der Waals surface area contributed by atoms with E-state index in [-0.39, 0.29) is 38.3 Å². The summed E-state index contributed by atoms with van der Waals surface area (Å²) in [4.78, 5) is 36.8. The molecule has 0 aromatic rings.